The lowest BCUT2D eigenvalue weighted by atomic mass is 10.1. The van der Waals surface area contributed by atoms with Gasteiger partial charge in [-0.1, -0.05) is 18.3 Å². The van der Waals surface area contributed by atoms with Gasteiger partial charge in [0.1, 0.15) is 5.76 Å². The van der Waals surface area contributed by atoms with Crippen molar-refractivity contribution in [1.29, 1.82) is 0 Å². The summed E-state index contributed by atoms with van der Waals surface area (Å²) in [6.45, 7) is 0. The molecule has 1 rings (SSSR count). The SMILES string of the molecule is OB(O)OC1=CC(=S)CC=C1. The first-order valence-corrected chi connectivity index (χ1v) is 3.53. The summed E-state index contributed by atoms with van der Waals surface area (Å²) in [5.74, 6) is 0.385. The van der Waals surface area contributed by atoms with E-state index in [1.807, 2.05) is 0 Å². The minimum absolute atomic E-state index is 0.385. The van der Waals surface area contributed by atoms with Crippen LogP contribution in [0.15, 0.2) is 24.0 Å². The Hall–Kier alpha value is -0.645. The second-order valence-corrected chi connectivity index (χ2v) is 2.59. The van der Waals surface area contributed by atoms with E-state index in [1.54, 1.807) is 18.2 Å². The topological polar surface area (TPSA) is 49.7 Å². The lowest BCUT2D eigenvalue weighted by molar-refractivity contribution is 0.244. The van der Waals surface area contributed by atoms with Crippen LogP contribution in [0, 0.1) is 0 Å². The van der Waals surface area contributed by atoms with Crippen molar-refractivity contribution >= 4 is 24.4 Å². The highest BCUT2D eigenvalue weighted by Gasteiger charge is 2.12. The van der Waals surface area contributed by atoms with E-state index in [1.165, 1.54) is 0 Å². The Morgan fingerprint density at radius 1 is 1.55 bits per heavy atom. The van der Waals surface area contributed by atoms with Crippen LogP contribution in [0.3, 0.4) is 0 Å². The summed E-state index contributed by atoms with van der Waals surface area (Å²) in [7, 11) is -1.77. The molecule has 58 valence electrons. The standard InChI is InChI=1S/C6H7BO3S/c8-7(9)10-5-2-1-3-6(11)4-5/h1-2,4,8-9H,3H2. The lowest BCUT2D eigenvalue weighted by Gasteiger charge is -2.08. The number of hydrogen-bond donors (Lipinski definition) is 2. The van der Waals surface area contributed by atoms with Crippen LogP contribution >= 0.6 is 12.2 Å². The molecule has 1 aliphatic rings. The van der Waals surface area contributed by atoms with Crippen LogP contribution in [0.1, 0.15) is 6.42 Å². The van der Waals surface area contributed by atoms with Gasteiger partial charge in [-0.25, -0.2) is 0 Å². The van der Waals surface area contributed by atoms with Gasteiger partial charge >= 0.3 is 7.32 Å². The Kier molecular flexibility index (Phi) is 2.81. The second-order valence-electron chi connectivity index (χ2n) is 2.06. The summed E-state index contributed by atoms with van der Waals surface area (Å²) in [6.07, 6.45) is 5.76. The third-order valence-corrected chi connectivity index (χ3v) is 1.43. The summed E-state index contributed by atoms with van der Waals surface area (Å²) in [4.78, 5) is 0.725. The van der Waals surface area contributed by atoms with Crippen LogP contribution in [0.5, 0.6) is 0 Å². The molecule has 0 atom stereocenters. The molecule has 0 aliphatic heterocycles. The van der Waals surface area contributed by atoms with Crippen LogP contribution < -0.4 is 0 Å². The Morgan fingerprint density at radius 3 is 2.82 bits per heavy atom. The Morgan fingerprint density at radius 2 is 2.27 bits per heavy atom. The molecule has 0 amide bonds. The van der Waals surface area contributed by atoms with Crippen molar-refractivity contribution in [2.24, 2.45) is 0 Å². The van der Waals surface area contributed by atoms with E-state index in [4.69, 9.17) is 22.3 Å². The monoisotopic (exact) mass is 170 g/mol. The van der Waals surface area contributed by atoms with Crippen molar-refractivity contribution in [2.75, 3.05) is 0 Å². The fraction of sp³-hybridized carbons (Fsp3) is 0.167. The van der Waals surface area contributed by atoms with E-state index in [0.717, 1.165) is 4.86 Å². The first-order chi connectivity index (χ1) is 5.18. The Bertz CT molecular complexity index is 222. The molecule has 0 bridgehead atoms. The molecule has 0 aromatic rings. The van der Waals surface area contributed by atoms with Gasteiger partial charge in [0.05, 0.1) is 0 Å². The first kappa shape index (κ1) is 8.45. The van der Waals surface area contributed by atoms with Crippen molar-refractivity contribution in [1.82, 2.24) is 0 Å². The van der Waals surface area contributed by atoms with Crippen molar-refractivity contribution < 1.29 is 14.7 Å². The van der Waals surface area contributed by atoms with Gasteiger partial charge in [0.15, 0.2) is 0 Å². The largest absolute Gasteiger partial charge is 0.707 e. The molecule has 0 fully saturated rings. The molecule has 0 heterocycles. The van der Waals surface area contributed by atoms with Gasteiger partial charge in [0.25, 0.3) is 0 Å². The van der Waals surface area contributed by atoms with Crippen molar-refractivity contribution in [3.05, 3.63) is 24.0 Å². The van der Waals surface area contributed by atoms with Crippen LogP contribution in [-0.4, -0.2) is 22.2 Å². The van der Waals surface area contributed by atoms with Gasteiger partial charge in [-0.15, -0.1) is 0 Å². The molecule has 3 nitrogen and oxygen atoms in total. The minimum Gasteiger partial charge on any atom is -0.512 e. The molecule has 1 aliphatic carbocycles. The van der Waals surface area contributed by atoms with Gasteiger partial charge in [-0.3, -0.25) is 0 Å². The maximum absolute atomic E-state index is 8.41. The molecule has 0 aromatic heterocycles. The second kappa shape index (κ2) is 3.66. The molecule has 0 radical (unpaired) electrons. The summed E-state index contributed by atoms with van der Waals surface area (Å²) >= 11 is 4.86. The minimum atomic E-state index is -1.77. The van der Waals surface area contributed by atoms with E-state index < -0.39 is 7.32 Å². The van der Waals surface area contributed by atoms with Gasteiger partial charge in [-0.05, 0) is 12.2 Å². The van der Waals surface area contributed by atoms with Crippen LogP contribution in [0.4, 0.5) is 0 Å². The number of hydrogen-bond acceptors (Lipinski definition) is 4. The van der Waals surface area contributed by atoms with Crippen LogP contribution in [0.25, 0.3) is 0 Å². The highest BCUT2D eigenvalue weighted by molar-refractivity contribution is 7.80. The van der Waals surface area contributed by atoms with E-state index >= 15 is 0 Å². The summed E-state index contributed by atoms with van der Waals surface area (Å²) < 4.78 is 4.56. The number of allylic oxidation sites excluding steroid dienone is 3. The highest BCUT2D eigenvalue weighted by Crippen LogP contribution is 2.09. The predicted molar refractivity (Wildman–Crippen MR) is 45.7 cm³/mol. The fourth-order valence-corrected chi connectivity index (χ4v) is 0.964. The summed E-state index contributed by atoms with van der Waals surface area (Å²) in [6, 6.07) is 0. The van der Waals surface area contributed by atoms with E-state index in [-0.39, 0.29) is 0 Å². The van der Waals surface area contributed by atoms with Crippen LogP contribution in [-0.2, 0) is 4.65 Å². The predicted octanol–water partition coefficient (Wildman–Crippen LogP) is 0.186. The zero-order chi connectivity index (χ0) is 8.27. The molecule has 0 saturated carbocycles. The third-order valence-electron chi connectivity index (χ3n) is 1.15. The number of rotatable bonds is 2. The van der Waals surface area contributed by atoms with Gasteiger partial charge in [-0.2, -0.15) is 0 Å². The third kappa shape index (κ3) is 2.84. The molecular weight excluding hydrogens is 163 g/mol. The zero-order valence-corrected chi connectivity index (χ0v) is 6.54. The van der Waals surface area contributed by atoms with E-state index in [2.05, 4.69) is 4.65 Å². The molecule has 2 N–H and O–H groups in total. The molecule has 0 spiro atoms. The summed E-state index contributed by atoms with van der Waals surface area (Å²) in [5, 5.41) is 16.8. The quantitative estimate of drug-likeness (QED) is 0.458. The van der Waals surface area contributed by atoms with Crippen LogP contribution in [0.2, 0.25) is 0 Å². The van der Waals surface area contributed by atoms with Crippen molar-refractivity contribution in [3.63, 3.8) is 0 Å². The van der Waals surface area contributed by atoms with Gasteiger partial charge in [0.2, 0.25) is 0 Å². The molecule has 0 unspecified atom stereocenters. The molecule has 11 heavy (non-hydrogen) atoms. The average Bonchev–Trinajstić information content (AvgIpc) is 1.85. The van der Waals surface area contributed by atoms with Gasteiger partial charge < -0.3 is 14.7 Å². The molecule has 0 saturated heterocycles. The Balaban J connectivity index is 2.57. The average molecular weight is 170 g/mol. The molecule has 0 aromatic carbocycles. The zero-order valence-electron chi connectivity index (χ0n) is 5.73. The lowest BCUT2D eigenvalue weighted by Crippen LogP contribution is -2.16. The van der Waals surface area contributed by atoms with Crippen molar-refractivity contribution in [2.45, 2.75) is 6.42 Å². The molecule has 5 heteroatoms. The van der Waals surface area contributed by atoms with Gasteiger partial charge in [0, 0.05) is 11.3 Å². The van der Waals surface area contributed by atoms with Crippen molar-refractivity contribution in [3.8, 4) is 0 Å². The molecular formula is C6H7BO3S. The highest BCUT2D eigenvalue weighted by atomic mass is 32.1. The summed E-state index contributed by atoms with van der Waals surface area (Å²) in [5.41, 5.74) is 0. The number of thiocarbonyl (C=S) groups is 1. The smallest absolute Gasteiger partial charge is 0.512 e. The maximum atomic E-state index is 8.41. The van der Waals surface area contributed by atoms with E-state index in [0.29, 0.717) is 12.2 Å². The van der Waals surface area contributed by atoms with E-state index in [9.17, 15) is 0 Å². The normalized spacial score (nSPS) is 16.2. The fourth-order valence-electron chi connectivity index (χ4n) is 0.752. The first-order valence-electron chi connectivity index (χ1n) is 3.12. The maximum Gasteiger partial charge on any atom is 0.707 e. The Labute approximate surface area is 70.2 Å².